The average Bonchev–Trinajstić information content (AvgIpc) is 3.04. The molecule has 110 valence electrons. The number of nitrogens with zero attached hydrogens (tertiary/aromatic N) is 1. The van der Waals surface area contributed by atoms with Gasteiger partial charge < -0.3 is 10.0 Å². The third-order valence-corrected chi connectivity index (χ3v) is 4.52. The van der Waals surface area contributed by atoms with Crippen LogP contribution in [0.15, 0.2) is 66.7 Å². The lowest BCUT2D eigenvalue weighted by Crippen LogP contribution is -2.25. The quantitative estimate of drug-likeness (QED) is 0.779. The van der Waals surface area contributed by atoms with Crippen molar-refractivity contribution in [1.29, 1.82) is 0 Å². The Morgan fingerprint density at radius 3 is 2.50 bits per heavy atom. The molecule has 0 aliphatic rings. The second-order valence-corrected chi connectivity index (χ2v) is 6.00. The molecule has 1 heterocycles. The summed E-state index contributed by atoms with van der Waals surface area (Å²) in [5, 5.41) is 9.53. The van der Waals surface area contributed by atoms with Gasteiger partial charge >= 0.3 is 0 Å². The molecule has 0 aliphatic carbocycles. The molecule has 0 unspecified atom stereocenters. The minimum Gasteiger partial charge on any atom is -0.508 e. The number of thiophene rings is 1. The second-order valence-electron chi connectivity index (χ2n) is 4.91. The van der Waals surface area contributed by atoms with Crippen LogP contribution in [0.1, 0.15) is 9.67 Å². The van der Waals surface area contributed by atoms with Gasteiger partial charge in [0, 0.05) is 23.7 Å². The van der Waals surface area contributed by atoms with Crippen LogP contribution in [-0.2, 0) is 0 Å². The predicted molar refractivity (Wildman–Crippen MR) is 90.6 cm³/mol. The highest BCUT2D eigenvalue weighted by molar-refractivity contribution is 7.17. The molecule has 0 radical (unpaired) electrons. The van der Waals surface area contributed by atoms with E-state index in [-0.39, 0.29) is 11.7 Å². The van der Waals surface area contributed by atoms with Crippen molar-refractivity contribution in [3.8, 4) is 16.2 Å². The lowest BCUT2D eigenvalue weighted by molar-refractivity contribution is 0.0997. The summed E-state index contributed by atoms with van der Waals surface area (Å²) in [7, 11) is 1.71. The molecule has 2 aromatic carbocycles. The first-order chi connectivity index (χ1) is 10.6. The summed E-state index contributed by atoms with van der Waals surface area (Å²) in [6.45, 7) is 0. The SMILES string of the molecule is CN(C(=O)c1ccc(-c2ccccc2)s1)c1cccc(O)c1. The van der Waals surface area contributed by atoms with Crippen molar-refractivity contribution in [2.75, 3.05) is 11.9 Å². The largest absolute Gasteiger partial charge is 0.508 e. The number of benzene rings is 2. The minimum absolute atomic E-state index is 0.0854. The number of hydrogen-bond donors (Lipinski definition) is 1. The molecular formula is C18H15NO2S. The molecule has 22 heavy (non-hydrogen) atoms. The first-order valence-corrected chi connectivity index (χ1v) is 7.69. The molecule has 0 atom stereocenters. The van der Waals surface area contributed by atoms with Crippen molar-refractivity contribution in [3.63, 3.8) is 0 Å². The molecule has 0 saturated heterocycles. The van der Waals surface area contributed by atoms with Gasteiger partial charge in [-0.25, -0.2) is 0 Å². The number of anilines is 1. The van der Waals surface area contributed by atoms with Crippen molar-refractivity contribution in [1.82, 2.24) is 0 Å². The first-order valence-electron chi connectivity index (χ1n) is 6.87. The molecule has 0 saturated carbocycles. The van der Waals surface area contributed by atoms with E-state index in [4.69, 9.17) is 0 Å². The molecule has 0 aliphatic heterocycles. The summed E-state index contributed by atoms with van der Waals surface area (Å²) in [6, 6.07) is 20.5. The summed E-state index contributed by atoms with van der Waals surface area (Å²) >= 11 is 1.47. The van der Waals surface area contributed by atoms with Crippen LogP contribution in [0.25, 0.3) is 10.4 Å². The van der Waals surface area contributed by atoms with Crippen LogP contribution >= 0.6 is 11.3 Å². The maximum absolute atomic E-state index is 12.6. The summed E-state index contributed by atoms with van der Waals surface area (Å²) in [5.41, 5.74) is 1.77. The number of aromatic hydroxyl groups is 1. The fourth-order valence-corrected chi connectivity index (χ4v) is 3.18. The summed E-state index contributed by atoms with van der Waals surface area (Å²) in [5.74, 6) is 0.0612. The van der Waals surface area contributed by atoms with E-state index in [0.717, 1.165) is 10.4 Å². The predicted octanol–water partition coefficient (Wildman–Crippen LogP) is 4.40. The number of rotatable bonds is 3. The van der Waals surface area contributed by atoms with Crippen LogP contribution < -0.4 is 4.90 Å². The van der Waals surface area contributed by atoms with E-state index in [9.17, 15) is 9.90 Å². The van der Waals surface area contributed by atoms with Crippen LogP contribution in [0.5, 0.6) is 5.75 Å². The Morgan fingerprint density at radius 2 is 1.77 bits per heavy atom. The van der Waals surface area contributed by atoms with E-state index in [0.29, 0.717) is 10.6 Å². The third kappa shape index (κ3) is 2.87. The van der Waals surface area contributed by atoms with Crippen molar-refractivity contribution in [2.24, 2.45) is 0 Å². The van der Waals surface area contributed by atoms with Crippen LogP contribution in [0.4, 0.5) is 5.69 Å². The molecule has 3 aromatic rings. The number of hydrogen-bond acceptors (Lipinski definition) is 3. The fraction of sp³-hybridized carbons (Fsp3) is 0.0556. The molecule has 0 bridgehead atoms. The van der Waals surface area contributed by atoms with Gasteiger partial charge in [0.15, 0.2) is 0 Å². The Labute approximate surface area is 133 Å². The standard InChI is InChI=1S/C18H15NO2S/c1-19(14-8-5-9-15(20)12-14)18(21)17-11-10-16(22-17)13-6-3-2-4-7-13/h2-12,20H,1H3. The van der Waals surface area contributed by atoms with E-state index in [1.54, 1.807) is 36.2 Å². The summed E-state index contributed by atoms with van der Waals surface area (Å²) in [6.07, 6.45) is 0. The van der Waals surface area contributed by atoms with Gasteiger partial charge in [-0.15, -0.1) is 11.3 Å². The van der Waals surface area contributed by atoms with Crippen molar-refractivity contribution in [2.45, 2.75) is 0 Å². The molecule has 0 spiro atoms. The van der Waals surface area contributed by atoms with Gasteiger partial charge in [-0.1, -0.05) is 36.4 Å². The Balaban J connectivity index is 1.85. The zero-order chi connectivity index (χ0) is 15.5. The summed E-state index contributed by atoms with van der Waals surface area (Å²) in [4.78, 5) is 15.8. The minimum atomic E-state index is -0.0854. The van der Waals surface area contributed by atoms with Crippen LogP contribution in [0.3, 0.4) is 0 Å². The van der Waals surface area contributed by atoms with Gasteiger partial charge in [0.1, 0.15) is 5.75 Å². The molecule has 1 aromatic heterocycles. The Hall–Kier alpha value is -2.59. The lowest BCUT2D eigenvalue weighted by atomic mass is 10.2. The Kier molecular flexibility index (Phi) is 3.94. The van der Waals surface area contributed by atoms with Gasteiger partial charge in [-0.3, -0.25) is 4.79 Å². The molecule has 3 rings (SSSR count). The number of carbonyl (C=O) groups excluding carboxylic acids is 1. The zero-order valence-electron chi connectivity index (χ0n) is 12.1. The number of carbonyl (C=O) groups is 1. The average molecular weight is 309 g/mol. The third-order valence-electron chi connectivity index (χ3n) is 3.40. The van der Waals surface area contributed by atoms with Crippen molar-refractivity contribution >= 4 is 22.9 Å². The molecule has 0 fully saturated rings. The zero-order valence-corrected chi connectivity index (χ0v) is 12.9. The monoisotopic (exact) mass is 309 g/mol. The first kappa shape index (κ1) is 14.4. The van der Waals surface area contributed by atoms with Gasteiger partial charge in [-0.2, -0.15) is 0 Å². The van der Waals surface area contributed by atoms with E-state index in [1.165, 1.54) is 11.3 Å². The normalized spacial score (nSPS) is 10.4. The molecular weight excluding hydrogens is 294 g/mol. The summed E-state index contributed by atoms with van der Waals surface area (Å²) < 4.78 is 0. The van der Waals surface area contributed by atoms with Gasteiger partial charge in [0.25, 0.3) is 5.91 Å². The van der Waals surface area contributed by atoms with Gasteiger partial charge in [-0.05, 0) is 29.8 Å². The maximum Gasteiger partial charge on any atom is 0.268 e. The highest BCUT2D eigenvalue weighted by Crippen LogP contribution is 2.29. The number of amides is 1. The highest BCUT2D eigenvalue weighted by atomic mass is 32.1. The van der Waals surface area contributed by atoms with E-state index < -0.39 is 0 Å². The van der Waals surface area contributed by atoms with Crippen LogP contribution in [0.2, 0.25) is 0 Å². The van der Waals surface area contributed by atoms with Crippen molar-refractivity contribution in [3.05, 3.63) is 71.6 Å². The van der Waals surface area contributed by atoms with E-state index in [2.05, 4.69) is 0 Å². The number of phenols is 1. The Morgan fingerprint density at radius 1 is 1.00 bits per heavy atom. The highest BCUT2D eigenvalue weighted by Gasteiger charge is 2.16. The second kappa shape index (κ2) is 6.03. The van der Waals surface area contributed by atoms with Crippen molar-refractivity contribution < 1.29 is 9.90 Å². The maximum atomic E-state index is 12.6. The molecule has 3 nitrogen and oxygen atoms in total. The smallest absolute Gasteiger partial charge is 0.268 e. The fourth-order valence-electron chi connectivity index (χ4n) is 2.19. The van der Waals surface area contributed by atoms with E-state index in [1.807, 2.05) is 42.5 Å². The Bertz CT molecular complexity index is 796. The molecule has 4 heteroatoms. The van der Waals surface area contributed by atoms with Crippen LogP contribution in [0, 0.1) is 0 Å². The van der Waals surface area contributed by atoms with Gasteiger partial charge in [0.05, 0.1) is 4.88 Å². The van der Waals surface area contributed by atoms with Crippen LogP contribution in [-0.4, -0.2) is 18.1 Å². The molecule has 1 amide bonds. The van der Waals surface area contributed by atoms with E-state index >= 15 is 0 Å². The molecule has 1 N–H and O–H groups in total. The number of phenolic OH excluding ortho intramolecular Hbond substituents is 1. The topological polar surface area (TPSA) is 40.5 Å². The lowest BCUT2D eigenvalue weighted by Gasteiger charge is -2.16. The van der Waals surface area contributed by atoms with Gasteiger partial charge in [0.2, 0.25) is 0 Å².